The number of carbonyl (C=O) groups excluding carboxylic acids is 1. The molecule has 0 amide bonds. The number of hydrogen-bond donors (Lipinski definition) is 0. The summed E-state index contributed by atoms with van der Waals surface area (Å²) in [6.45, 7) is 5.78. The van der Waals surface area contributed by atoms with Gasteiger partial charge in [-0.2, -0.15) is 5.10 Å². The number of hydrogen-bond acceptors (Lipinski definition) is 2. The Balaban J connectivity index is 2.74. The Labute approximate surface area is 78.8 Å². The van der Waals surface area contributed by atoms with Crippen LogP contribution in [0, 0.1) is 12.8 Å². The average Bonchev–Trinajstić information content (AvgIpc) is 2.30. The molecule has 1 rings (SSSR count). The third-order valence-corrected chi connectivity index (χ3v) is 2.10. The first kappa shape index (κ1) is 9.96. The van der Waals surface area contributed by atoms with Gasteiger partial charge < -0.3 is 0 Å². The lowest BCUT2D eigenvalue weighted by Gasteiger charge is -2.03. The summed E-state index contributed by atoms with van der Waals surface area (Å²) < 4.78 is 1.77. The van der Waals surface area contributed by atoms with Crippen molar-refractivity contribution in [2.75, 3.05) is 0 Å². The molecule has 1 aromatic heterocycles. The van der Waals surface area contributed by atoms with Crippen molar-refractivity contribution in [3.63, 3.8) is 0 Å². The highest BCUT2D eigenvalue weighted by Gasteiger charge is 2.11. The predicted octanol–water partition coefficient (Wildman–Crippen LogP) is 1.50. The van der Waals surface area contributed by atoms with Crippen LogP contribution in [0.1, 0.15) is 25.2 Å². The zero-order valence-corrected chi connectivity index (χ0v) is 8.66. The van der Waals surface area contributed by atoms with E-state index in [2.05, 4.69) is 5.10 Å². The molecular formula is C10H16N2O. The summed E-state index contributed by atoms with van der Waals surface area (Å²) in [5.41, 5.74) is 1.96. The minimum atomic E-state index is 0.107. The maximum atomic E-state index is 11.4. The van der Waals surface area contributed by atoms with E-state index in [-0.39, 0.29) is 11.7 Å². The smallest absolute Gasteiger partial charge is 0.141 e. The van der Waals surface area contributed by atoms with Crippen LogP contribution in [0.15, 0.2) is 6.07 Å². The zero-order valence-electron chi connectivity index (χ0n) is 8.66. The van der Waals surface area contributed by atoms with Crippen molar-refractivity contribution in [2.24, 2.45) is 13.0 Å². The number of aromatic nitrogens is 2. The molecule has 0 radical (unpaired) electrons. The van der Waals surface area contributed by atoms with Crippen molar-refractivity contribution in [1.82, 2.24) is 9.78 Å². The van der Waals surface area contributed by atoms with E-state index >= 15 is 0 Å². The van der Waals surface area contributed by atoms with Gasteiger partial charge in [0, 0.05) is 25.1 Å². The second kappa shape index (κ2) is 3.73. The molecule has 0 spiro atoms. The molecule has 0 unspecified atom stereocenters. The third-order valence-electron chi connectivity index (χ3n) is 2.10. The van der Waals surface area contributed by atoms with Crippen LogP contribution in [0.5, 0.6) is 0 Å². The Bertz CT molecular complexity index is 313. The normalized spacial score (nSPS) is 10.8. The molecular weight excluding hydrogens is 164 g/mol. The van der Waals surface area contributed by atoms with Crippen molar-refractivity contribution < 1.29 is 4.79 Å². The fraction of sp³-hybridized carbons (Fsp3) is 0.600. The number of ketones is 1. The summed E-state index contributed by atoms with van der Waals surface area (Å²) in [6.07, 6.45) is 0.495. The van der Waals surface area contributed by atoms with Crippen LogP contribution < -0.4 is 0 Å². The standard InChI is InChI=1S/C10H16N2O/c1-7(2)10(13)6-9-5-8(3)11-12(9)4/h5,7H,6H2,1-4H3. The lowest BCUT2D eigenvalue weighted by atomic mass is 10.0. The van der Waals surface area contributed by atoms with Gasteiger partial charge in [-0.05, 0) is 13.0 Å². The summed E-state index contributed by atoms with van der Waals surface area (Å²) >= 11 is 0. The van der Waals surface area contributed by atoms with Crippen molar-refractivity contribution in [3.05, 3.63) is 17.5 Å². The molecule has 1 aromatic rings. The van der Waals surface area contributed by atoms with Crippen LogP contribution >= 0.6 is 0 Å². The summed E-state index contributed by atoms with van der Waals surface area (Å²) in [5, 5.41) is 4.19. The first-order chi connectivity index (χ1) is 6.00. The number of Topliss-reactive ketones (excluding diaryl/α,β-unsaturated/α-hetero) is 1. The molecule has 0 saturated heterocycles. The summed E-state index contributed by atoms with van der Waals surface area (Å²) in [5.74, 6) is 0.373. The highest BCUT2D eigenvalue weighted by Crippen LogP contribution is 2.06. The van der Waals surface area contributed by atoms with Crippen molar-refractivity contribution in [3.8, 4) is 0 Å². The second-order valence-electron chi connectivity index (χ2n) is 3.70. The van der Waals surface area contributed by atoms with Gasteiger partial charge in [0.1, 0.15) is 5.78 Å². The van der Waals surface area contributed by atoms with E-state index in [1.807, 2.05) is 33.9 Å². The van der Waals surface area contributed by atoms with Crippen LogP contribution in [-0.2, 0) is 18.3 Å². The van der Waals surface area contributed by atoms with E-state index in [9.17, 15) is 4.79 Å². The average molecular weight is 180 g/mol. The Morgan fingerprint density at radius 1 is 1.62 bits per heavy atom. The maximum absolute atomic E-state index is 11.4. The van der Waals surface area contributed by atoms with Crippen LogP contribution in [0.4, 0.5) is 0 Å². The molecule has 0 aliphatic carbocycles. The molecule has 0 atom stereocenters. The van der Waals surface area contributed by atoms with Crippen molar-refractivity contribution in [2.45, 2.75) is 27.2 Å². The number of aryl methyl sites for hydroxylation is 2. The van der Waals surface area contributed by atoms with Gasteiger partial charge in [0.05, 0.1) is 5.69 Å². The van der Waals surface area contributed by atoms with Crippen LogP contribution in [-0.4, -0.2) is 15.6 Å². The topological polar surface area (TPSA) is 34.9 Å². The number of carbonyl (C=O) groups is 1. The fourth-order valence-electron chi connectivity index (χ4n) is 1.21. The predicted molar refractivity (Wildman–Crippen MR) is 51.5 cm³/mol. The lowest BCUT2D eigenvalue weighted by Crippen LogP contribution is -2.12. The monoisotopic (exact) mass is 180 g/mol. The quantitative estimate of drug-likeness (QED) is 0.706. The van der Waals surface area contributed by atoms with Gasteiger partial charge >= 0.3 is 0 Å². The first-order valence-electron chi connectivity index (χ1n) is 4.53. The van der Waals surface area contributed by atoms with E-state index in [1.54, 1.807) is 4.68 Å². The molecule has 0 bridgehead atoms. The highest BCUT2D eigenvalue weighted by molar-refractivity contribution is 5.82. The first-order valence-corrected chi connectivity index (χ1v) is 4.53. The number of rotatable bonds is 3. The zero-order chi connectivity index (χ0) is 10.0. The van der Waals surface area contributed by atoms with Gasteiger partial charge in [-0.25, -0.2) is 0 Å². The molecule has 0 aliphatic rings. The minimum Gasteiger partial charge on any atom is -0.299 e. The maximum Gasteiger partial charge on any atom is 0.141 e. The Hall–Kier alpha value is -1.12. The Morgan fingerprint density at radius 3 is 2.62 bits per heavy atom. The summed E-state index contributed by atoms with van der Waals surface area (Å²) in [7, 11) is 1.87. The minimum absolute atomic E-state index is 0.107. The second-order valence-corrected chi connectivity index (χ2v) is 3.70. The van der Waals surface area contributed by atoms with E-state index in [1.165, 1.54) is 0 Å². The van der Waals surface area contributed by atoms with Gasteiger partial charge in [-0.1, -0.05) is 13.8 Å². The molecule has 0 aliphatic heterocycles. The van der Waals surface area contributed by atoms with Gasteiger partial charge in [0.2, 0.25) is 0 Å². The van der Waals surface area contributed by atoms with Gasteiger partial charge in [-0.15, -0.1) is 0 Å². The molecule has 13 heavy (non-hydrogen) atoms. The molecule has 72 valence electrons. The largest absolute Gasteiger partial charge is 0.299 e. The Morgan fingerprint density at radius 2 is 2.23 bits per heavy atom. The molecule has 1 heterocycles. The van der Waals surface area contributed by atoms with Crippen LogP contribution in [0.2, 0.25) is 0 Å². The molecule has 0 fully saturated rings. The fourth-order valence-corrected chi connectivity index (χ4v) is 1.21. The van der Waals surface area contributed by atoms with Crippen LogP contribution in [0.3, 0.4) is 0 Å². The highest BCUT2D eigenvalue weighted by atomic mass is 16.1. The number of nitrogens with zero attached hydrogens (tertiary/aromatic N) is 2. The van der Waals surface area contributed by atoms with E-state index in [0.717, 1.165) is 11.4 Å². The van der Waals surface area contributed by atoms with E-state index in [4.69, 9.17) is 0 Å². The van der Waals surface area contributed by atoms with E-state index < -0.39 is 0 Å². The molecule has 0 aromatic carbocycles. The molecule has 0 N–H and O–H groups in total. The lowest BCUT2D eigenvalue weighted by molar-refractivity contribution is -0.121. The Kier molecular flexibility index (Phi) is 2.86. The third kappa shape index (κ3) is 2.41. The summed E-state index contributed by atoms with van der Waals surface area (Å²) in [4.78, 5) is 11.4. The summed E-state index contributed by atoms with van der Waals surface area (Å²) in [6, 6.07) is 1.96. The van der Waals surface area contributed by atoms with Gasteiger partial charge in [-0.3, -0.25) is 9.48 Å². The van der Waals surface area contributed by atoms with Crippen molar-refractivity contribution in [1.29, 1.82) is 0 Å². The van der Waals surface area contributed by atoms with E-state index in [0.29, 0.717) is 6.42 Å². The molecule has 0 saturated carbocycles. The molecule has 3 nitrogen and oxygen atoms in total. The van der Waals surface area contributed by atoms with Crippen molar-refractivity contribution >= 4 is 5.78 Å². The SMILES string of the molecule is Cc1cc(CC(=O)C(C)C)n(C)n1. The molecule has 3 heteroatoms. The van der Waals surface area contributed by atoms with Gasteiger partial charge in [0.25, 0.3) is 0 Å². The van der Waals surface area contributed by atoms with Crippen LogP contribution in [0.25, 0.3) is 0 Å². The van der Waals surface area contributed by atoms with Gasteiger partial charge in [0.15, 0.2) is 0 Å².